The van der Waals surface area contributed by atoms with Gasteiger partial charge in [0, 0.05) is 25.2 Å². The lowest BCUT2D eigenvalue weighted by Gasteiger charge is -2.09. The van der Waals surface area contributed by atoms with Crippen molar-refractivity contribution in [1.29, 1.82) is 0 Å². The molecule has 3 aromatic rings. The number of aromatic nitrogens is 1. The molecule has 2 aromatic carbocycles. The quantitative estimate of drug-likeness (QED) is 0.717. The molecule has 0 aliphatic heterocycles. The highest BCUT2D eigenvalue weighted by atomic mass is 16.5. The fourth-order valence-electron chi connectivity index (χ4n) is 2.84. The lowest BCUT2D eigenvalue weighted by Crippen LogP contribution is -2.14. The summed E-state index contributed by atoms with van der Waals surface area (Å²) in [7, 11) is 3.32. The van der Waals surface area contributed by atoms with Crippen molar-refractivity contribution in [2.24, 2.45) is 0 Å². The molecule has 0 saturated heterocycles. The van der Waals surface area contributed by atoms with Gasteiger partial charge in [0.05, 0.1) is 31.3 Å². The minimum Gasteiger partial charge on any atom is -0.497 e. The second kappa shape index (κ2) is 7.85. The van der Waals surface area contributed by atoms with Crippen molar-refractivity contribution < 1.29 is 14.3 Å². The fraction of sp³-hybridized carbons (Fsp3) is 0.250. The Hall–Kier alpha value is -2.79. The van der Waals surface area contributed by atoms with E-state index in [1.54, 1.807) is 14.2 Å². The third-order valence-corrected chi connectivity index (χ3v) is 4.15. The van der Waals surface area contributed by atoms with Crippen LogP contribution in [0.2, 0.25) is 0 Å². The van der Waals surface area contributed by atoms with Crippen molar-refractivity contribution in [1.82, 2.24) is 4.57 Å². The topological polar surface area (TPSA) is 52.5 Å². The summed E-state index contributed by atoms with van der Waals surface area (Å²) in [5.74, 6) is 0.744. The van der Waals surface area contributed by atoms with Crippen molar-refractivity contribution in [3.05, 3.63) is 60.3 Å². The number of carbonyl (C=O) groups excluding carboxylic acids is 1. The van der Waals surface area contributed by atoms with Crippen molar-refractivity contribution in [3.8, 4) is 5.75 Å². The lowest BCUT2D eigenvalue weighted by atomic mass is 10.1. The van der Waals surface area contributed by atoms with E-state index in [1.807, 2.05) is 54.7 Å². The number of hydrogen-bond acceptors (Lipinski definition) is 3. The Bertz CT molecular complexity index is 853. The first-order chi connectivity index (χ1) is 12.2. The summed E-state index contributed by atoms with van der Waals surface area (Å²) in [6, 6.07) is 15.5. The monoisotopic (exact) mass is 338 g/mol. The van der Waals surface area contributed by atoms with Crippen LogP contribution in [0.25, 0.3) is 10.9 Å². The molecule has 1 aromatic heterocycles. The average Bonchev–Trinajstić information content (AvgIpc) is 3.05. The van der Waals surface area contributed by atoms with E-state index in [0.717, 1.165) is 34.4 Å². The maximum absolute atomic E-state index is 12.4. The number of amides is 1. The molecule has 0 atom stereocenters. The Morgan fingerprint density at radius 2 is 1.88 bits per heavy atom. The van der Waals surface area contributed by atoms with Crippen LogP contribution in [-0.2, 0) is 22.5 Å². The van der Waals surface area contributed by atoms with E-state index >= 15 is 0 Å². The number of rotatable bonds is 7. The van der Waals surface area contributed by atoms with Gasteiger partial charge in [-0.1, -0.05) is 18.2 Å². The summed E-state index contributed by atoms with van der Waals surface area (Å²) in [6.07, 6.45) is 2.34. The van der Waals surface area contributed by atoms with Gasteiger partial charge in [-0.2, -0.15) is 0 Å². The van der Waals surface area contributed by atoms with E-state index in [2.05, 4.69) is 9.88 Å². The first-order valence-electron chi connectivity index (χ1n) is 8.21. The standard InChI is InChI=1S/C20H22N2O3/c1-24-13-12-22-11-10-17-18(4-3-5-19(17)22)21-20(23)14-15-6-8-16(25-2)9-7-15/h3-11H,12-14H2,1-2H3,(H,21,23). The first kappa shape index (κ1) is 17.0. The molecule has 1 N–H and O–H groups in total. The van der Waals surface area contributed by atoms with Gasteiger partial charge >= 0.3 is 0 Å². The smallest absolute Gasteiger partial charge is 0.228 e. The van der Waals surface area contributed by atoms with Gasteiger partial charge in [0.2, 0.25) is 5.91 Å². The Morgan fingerprint density at radius 1 is 1.08 bits per heavy atom. The summed E-state index contributed by atoms with van der Waals surface area (Å²) in [5.41, 5.74) is 2.86. The van der Waals surface area contributed by atoms with Crippen molar-refractivity contribution in [3.63, 3.8) is 0 Å². The number of nitrogens with one attached hydrogen (secondary N) is 1. The number of ether oxygens (including phenoxy) is 2. The predicted octanol–water partition coefficient (Wildman–Crippen LogP) is 3.48. The van der Waals surface area contributed by atoms with Gasteiger partial charge in [-0.3, -0.25) is 4.79 Å². The summed E-state index contributed by atoms with van der Waals surface area (Å²) in [6.45, 7) is 1.43. The van der Waals surface area contributed by atoms with Crippen molar-refractivity contribution in [2.75, 3.05) is 26.1 Å². The van der Waals surface area contributed by atoms with Crippen LogP contribution in [-0.4, -0.2) is 31.3 Å². The zero-order valence-electron chi connectivity index (χ0n) is 14.5. The molecule has 0 unspecified atom stereocenters. The molecular weight excluding hydrogens is 316 g/mol. The van der Waals surface area contributed by atoms with Crippen LogP contribution in [0.4, 0.5) is 5.69 Å². The van der Waals surface area contributed by atoms with Gasteiger partial charge < -0.3 is 19.4 Å². The van der Waals surface area contributed by atoms with Crippen LogP contribution >= 0.6 is 0 Å². The van der Waals surface area contributed by atoms with Gasteiger partial charge in [0.25, 0.3) is 0 Å². The summed E-state index contributed by atoms with van der Waals surface area (Å²) >= 11 is 0. The molecule has 5 nitrogen and oxygen atoms in total. The normalized spacial score (nSPS) is 10.8. The molecule has 0 aliphatic carbocycles. The summed E-state index contributed by atoms with van der Waals surface area (Å²) < 4.78 is 12.4. The number of benzene rings is 2. The molecule has 0 saturated carbocycles. The number of methoxy groups -OCH3 is 2. The molecular formula is C20H22N2O3. The van der Waals surface area contributed by atoms with Gasteiger partial charge in [-0.25, -0.2) is 0 Å². The van der Waals surface area contributed by atoms with Gasteiger partial charge in [-0.05, 0) is 35.9 Å². The van der Waals surface area contributed by atoms with Gasteiger partial charge in [0.15, 0.2) is 0 Å². The zero-order chi connectivity index (χ0) is 17.6. The molecule has 130 valence electrons. The first-order valence-corrected chi connectivity index (χ1v) is 8.21. The number of nitrogens with zero attached hydrogens (tertiary/aromatic N) is 1. The Balaban J connectivity index is 1.73. The number of hydrogen-bond donors (Lipinski definition) is 1. The number of carbonyl (C=O) groups is 1. The van der Waals surface area contributed by atoms with E-state index in [9.17, 15) is 4.79 Å². The van der Waals surface area contributed by atoms with Crippen molar-refractivity contribution >= 4 is 22.5 Å². The molecule has 1 amide bonds. The Labute approximate surface area is 147 Å². The van der Waals surface area contributed by atoms with Crippen molar-refractivity contribution in [2.45, 2.75) is 13.0 Å². The van der Waals surface area contributed by atoms with E-state index < -0.39 is 0 Å². The predicted molar refractivity (Wildman–Crippen MR) is 99.1 cm³/mol. The molecule has 0 aliphatic rings. The molecule has 25 heavy (non-hydrogen) atoms. The van der Waals surface area contributed by atoms with Crippen LogP contribution in [0.15, 0.2) is 54.7 Å². The highest BCUT2D eigenvalue weighted by molar-refractivity contribution is 6.02. The van der Waals surface area contributed by atoms with Crippen LogP contribution in [0.1, 0.15) is 5.56 Å². The van der Waals surface area contributed by atoms with Gasteiger partial charge in [-0.15, -0.1) is 0 Å². The third kappa shape index (κ3) is 4.00. The Morgan fingerprint density at radius 3 is 2.60 bits per heavy atom. The van der Waals surface area contributed by atoms with Gasteiger partial charge in [0.1, 0.15) is 5.75 Å². The molecule has 3 rings (SSSR count). The lowest BCUT2D eigenvalue weighted by molar-refractivity contribution is -0.115. The summed E-state index contributed by atoms with van der Waals surface area (Å²) in [5, 5.41) is 4.05. The van der Waals surface area contributed by atoms with E-state index in [0.29, 0.717) is 13.0 Å². The van der Waals surface area contributed by atoms with Crippen LogP contribution in [0.5, 0.6) is 5.75 Å². The second-order valence-electron chi connectivity index (χ2n) is 5.81. The molecule has 0 fully saturated rings. The third-order valence-electron chi connectivity index (χ3n) is 4.15. The SMILES string of the molecule is COCCn1ccc2c(NC(=O)Cc3ccc(OC)cc3)cccc21. The maximum Gasteiger partial charge on any atom is 0.228 e. The number of anilines is 1. The Kier molecular flexibility index (Phi) is 5.36. The van der Waals surface area contributed by atoms with E-state index in [-0.39, 0.29) is 5.91 Å². The zero-order valence-corrected chi connectivity index (χ0v) is 14.5. The second-order valence-corrected chi connectivity index (χ2v) is 5.81. The fourth-order valence-corrected chi connectivity index (χ4v) is 2.84. The van der Waals surface area contributed by atoms with Crippen LogP contribution in [0, 0.1) is 0 Å². The summed E-state index contributed by atoms with van der Waals surface area (Å²) in [4.78, 5) is 12.4. The maximum atomic E-state index is 12.4. The number of fused-ring (bicyclic) bond motifs is 1. The molecule has 0 spiro atoms. The molecule has 0 radical (unpaired) electrons. The minimum atomic E-state index is -0.0395. The highest BCUT2D eigenvalue weighted by Gasteiger charge is 2.09. The molecule has 5 heteroatoms. The van der Waals surface area contributed by atoms with Crippen LogP contribution < -0.4 is 10.1 Å². The molecule has 0 bridgehead atoms. The van der Waals surface area contributed by atoms with E-state index in [1.165, 1.54) is 0 Å². The van der Waals surface area contributed by atoms with Crippen LogP contribution in [0.3, 0.4) is 0 Å². The van der Waals surface area contributed by atoms with E-state index in [4.69, 9.17) is 9.47 Å². The largest absolute Gasteiger partial charge is 0.497 e. The highest BCUT2D eigenvalue weighted by Crippen LogP contribution is 2.25. The molecule has 1 heterocycles. The minimum absolute atomic E-state index is 0.0395. The average molecular weight is 338 g/mol.